The van der Waals surface area contributed by atoms with Gasteiger partial charge in [0.15, 0.2) is 10.8 Å². The van der Waals surface area contributed by atoms with E-state index >= 15 is 0 Å². The Bertz CT molecular complexity index is 907. The second-order valence-electron chi connectivity index (χ2n) is 5.75. The van der Waals surface area contributed by atoms with Crippen LogP contribution in [0.15, 0.2) is 34.7 Å². The normalized spacial score (nSPS) is 10.6. The van der Waals surface area contributed by atoms with Crippen molar-refractivity contribution in [3.05, 3.63) is 52.2 Å². The van der Waals surface area contributed by atoms with Gasteiger partial charge in [0, 0.05) is 12.6 Å². The molecule has 0 aliphatic rings. The number of benzene rings is 1. The summed E-state index contributed by atoms with van der Waals surface area (Å²) < 4.78 is 16.1. The van der Waals surface area contributed by atoms with Crippen LogP contribution >= 0.6 is 11.3 Å². The Labute approximate surface area is 155 Å². The zero-order chi connectivity index (χ0) is 18.7. The van der Waals surface area contributed by atoms with Gasteiger partial charge in [-0.15, -0.1) is 11.3 Å². The number of hydrogen-bond acceptors (Lipinski definition) is 6. The van der Waals surface area contributed by atoms with E-state index in [1.807, 2.05) is 38.1 Å². The summed E-state index contributed by atoms with van der Waals surface area (Å²) in [5.74, 6) is 2.67. The number of carbonyl (C=O) groups excluding carboxylic acids is 1. The van der Waals surface area contributed by atoms with Crippen molar-refractivity contribution in [2.24, 2.45) is 0 Å². The summed E-state index contributed by atoms with van der Waals surface area (Å²) >= 11 is 1.32. The molecule has 1 N–H and O–H groups in total. The fourth-order valence-corrected chi connectivity index (χ4v) is 3.44. The minimum atomic E-state index is -0.170. The minimum absolute atomic E-state index is 0.170. The van der Waals surface area contributed by atoms with Crippen molar-refractivity contribution in [3.63, 3.8) is 0 Å². The van der Waals surface area contributed by atoms with Crippen LogP contribution in [0.1, 0.15) is 26.7 Å². The lowest BCUT2D eigenvalue weighted by molar-refractivity contribution is 0.0954. The van der Waals surface area contributed by atoms with Gasteiger partial charge >= 0.3 is 0 Å². The number of aromatic nitrogens is 1. The molecule has 7 heteroatoms. The number of ether oxygens (including phenoxy) is 2. The third-order valence-electron chi connectivity index (χ3n) is 3.82. The minimum Gasteiger partial charge on any atom is -0.497 e. The standard InChI is InChI=1S/C19H20N2O4S/c1-11-5-6-16(25-11)19-21-12(2)17(26-19)18(22)20-10-13-7-14(23-3)9-15(8-13)24-4/h5-9H,10H2,1-4H3,(H,20,22). The van der Waals surface area contributed by atoms with Crippen LogP contribution in [-0.4, -0.2) is 25.1 Å². The topological polar surface area (TPSA) is 73.6 Å². The highest BCUT2D eigenvalue weighted by Crippen LogP contribution is 2.29. The van der Waals surface area contributed by atoms with Gasteiger partial charge in [0.1, 0.15) is 22.1 Å². The molecular formula is C19H20N2O4S. The van der Waals surface area contributed by atoms with Crippen LogP contribution < -0.4 is 14.8 Å². The quantitative estimate of drug-likeness (QED) is 0.709. The summed E-state index contributed by atoms with van der Waals surface area (Å²) in [7, 11) is 3.19. The molecule has 0 saturated carbocycles. The van der Waals surface area contributed by atoms with E-state index in [1.165, 1.54) is 11.3 Å². The van der Waals surface area contributed by atoms with Gasteiger partial charge in [0.25, 0.3) is 5.91 Å². The highest BCUT2D eigenvalue weighted by atomic mass is 32.1. The fraction of sp³-hybridized carbons (Fsp3) is 0.263. The van der Waals surface area contributed by atoms with Gasteiger partial charge in [0.05, 0.1) is 19.9 Å². The monoisotopic (exact) mass is 372 g/mol. The Hall–Kier alpha value is -2.80. The Morgan fingerprint density at radius 2 is 1.85 bits per heavy atom. The van der Waals surface area contributed by atoms with Gasteiger partial charge in [-0.25, -0.2) is 4.98 Å². The van der Waals surface area contributed by atoms with Gasteiger partial charge in [-0.3, -0.25) is 4.79 Å². The first kappa shape index (κ1) is 18.0. The van der Waals surface area contributed by atoms with E-state index in [4.69, 9.17) is 13.9 Å². The summed E-state index contributed by atoms with van der Waals surface area (Å²) in [6.07, 6.45) is 0. The molecule has 0 aliphatic heterocycles. The van der Waals surface area contributed by atoms with Crippen LogP contribution in [0.25, 0.3) is 10.8 Å². The first-order valence-electron chi connectivity index (χ1n) is 8.04. The molecule has 0 radical (unpaired) electrons. The number of methoxy groups -OCH3 is 2. The number of amides is 1. The maximum absolute atomic E-state index is 12.6. The molecule has 6 nitrogen and oxygen atoms in total. The number of furan rings is 1. The lowest BCUT2D eigenvalue weighted by Gasteiger charge is -2.09. The van der Waals surface area contributed by atoms with Crippen molar-refractivity contribution < 1.29 is 18.7 Å². The average molecular weight is 372 g/mol. The van der Waals surface area contributed by atoms with Crippen molar-refractivity contribution in [2.75, 3.05) is 14.2 Å². The number of carbonyl (C=O) groups is 1. The van der Waals surface area contributed by atoms with Crippen LogP contribution in [0, 0.1) is 13.8 Å². The van der Waals surface area contributed by atoms with Crippen LogP contribution in [0.5, 0.6) is 11.5 Å². The third-order valence-corrected chi connectivity index (χ3v) is 4.99. The predicted octanol–water partition coefficient (Wildman–Crippen LogP) is 3.97. The summed E-state index contributed by atoms with van der Waals surface area (Å²) in [5, 5.41) is 3.62. The van der Waals surface area contributed by atoms with Crippen molar-refractivity contribution in [2.45, 2.75) is 20.4 Å². The first-order chi connectivity index (χ1) is 12.5. The van der Waals surface area contributed by atoms with Crippen molar-refractivity contribution in [1.29, 1.82) is 0 Å². The number of rotatable bonds is 6. The van der Waals surface area contributed by atoms with E-state index in [9.17, 15) is 4.79 Å². The van der Waals surface area contributed by atoms with Gasteiger partial charge < -0.3 is 19.2 Å². The summed E-state index contributed by atoms with van der Waals surface area (Å²) in [6, 6.07) is 9.24. The SMILES string of the molecule is COc1cc(CNC(=O)c2sc(-c3ccc(C)o3)nc2C)cc(OC)c1. The Morgan fingerprint density at radius 3 is 2.42 bits per heavy atom. The van der Waals surface area contributed by atoms with E-state index in [2.05, 4.69) is 10.3 Å². The molecular weight excluding hydrogens is 352 g/mol. The van der Waals surface area contributed by atoms with E-state index in [1.54, 1.807) is 20.3 Å². The van der Waals surface area contributed by atoms with Gasteiger partial charge in [-0.1, -0.05) is 0 Å². The second kappa shape index (κ2) is 7.61. The molecule has 2 heterocycles. The maximum atomic E-state index is 12.6. The molecule has 3 aromatic rings. The molecule has 0 spiro atoms. The third kappa shape index (κ3) is 3.88. The van der Waals surface area contributed by atoms with Gasteiger partial charge in [0.2, 0.25) is 0 Å². The highest BCUT2D eigenvalue weighted by molar-refractivity contribution is 7.17. The molecule has 26 heavy (non-hydrogen) atoms. The van der Waals surface area contributed by atoms with E-state index in [0.717, 1.165) is 11.3 Å². The van der Waals surface area contributed by atoms with E-state index in [0.29, 0.717) is 39.4 Å². The highest BCUT2D eigenvalue weighted by Gasteiger charge is 2.18. The number of thiazole rings is 1. The van der Waals surface area contributed by atoms with E-state index < -0.39 is 0 Å². The Kier molecular flexibility index (Phi) is 5.27. The molecule has 2 aromatic heterocycles. The van der Waals surface area contributed by atoms with Crippen LogP contribution in [0.2, 0.25) is 0 Å². The number of nitrogens with zero attached hydrogens (tertiary/aromatic N) is 1. The van der Waals surface area contributed by atoms with Crippen LogP contribution in [0.3, 0.4) is 0 Å². The largest absolute Gasteiger partial charge is 0.497 e. The predicted molar refractivity (Wildman–Crippen MR) is 100 cm³/mol. The summed E-state index contributed by atoms with van der Waals surface area (Å²) in [6.45, 7) is 4.05. The zero-order valence-electron chi connectivity index (χ0n) is 15.1. The smallest absolute Gasteiger partial charge is 0.263 e. The van der Waals surface area contributed by atoms with Gasteiger partial charge in [-0.2, -0.15) is 0 Å². The molecule has 0 fully saturated rings. The van der Waals surface area contributed by atoms with Crippen molar-refractivity contribution >= 4 is 17.2 Å². The van der Waals surface area contributed by atoms with Gasteiger partial charge in [-0.05, 0) is 43.7 Å². The second-order valence-corrected chi connectivity index (χ2v) is 6.75. The molecule has 0 atom stereocenters. The molecule has 0 aliphatic carbocycles. The zero-order valence-corrected chi connectivity index (χ0v) is 15.9. The summed E-state index contributed by atoms with van der Waals surface area (Å²) in [4.78, 5) is 17.6. The first-order valence-corrected chi connectivity index (χ1v) is 8.86. The fourth-order valence-electron chi connectivity index (χ4n) is 2.49. The molecule has 0 bridgehead atoms. The maximum Gasteiger partial charge on any atom is 0.263 e. The average Bonchev–Trinajstić information content (AvgIpc) is 3.25. The molecule has 3 rings (SSSR count). The number of hydrogen-bond donors (Lipinski definition) is 1. The summed E-state index contributed by atoms with van der Waals surface area (Å²) in [5.41, 5.74) is 1.57. The molecule has 0 saturated heterocycles. The number of aryl methyl sites for hydroxylation is 2. The Balaban J connectivity index is 1.74. The lowest BCUT2D eigenvalue weighted by atomic mass is 10.2. The van der Waals surface area contributed by atoms with Crippen molar-refractivity contribution in [1.82, 2.24) is 10.3 Å². The lowest BCUT2D eigenvalue weighted by Crippen LogP contribution is -2.22. The number of nitrogens with one attached hydrogen (secondary N) is 1. The molecule has 1 aromatic carbocycles. The molecule has 0 unspecified atom stereocenters. The van der Waals surface area contributed by atoms with Crippen LogP contribution in [0.4, 0.5) is 0 Å². The molecule has 1 amide bonds. The van der Waals surface area contributed by atoms with Crippen LogP contribution in [-0.2, 0) is 6.54 Å². The Morgan fingerprint density at radius 1 is 1.15 bits per heavy atom. The molecule has 136 valence electrons. The van der Waals surface area contributed by atoms with E-state index in [-0.39, 0.29) is 5.91 Å². The van der Waals surface area contributed by atoms with Crippen molar-refractivity contribution in [3.8, 4) is 22.3 Å².